The second-order valence-electron chi connectivity index (χ2n) is 7.03. The van der Waals surface area contributed by atoms with Crippen molar-refractivity contribution in [2.24, 2.45) is 0 Å². The first-order valence-electron chi connectivity index (χ1n) is 9.59. The molecule has 0 spiro atoms. The number of halogens is 1. The quantitative estimate of drug-likeness (QED) is 0.238. The second-order valence-corrected chi connectivity index (χ2v) is 8.27. The molecule has 0 fully saturated rings. The Balaban J connectivity index is 1.58. The average molecular weight is 483 g/mol. The minimum atomic E-state index is 0.999. The normalized spacial score (nSPS) is 10.9. The Morgan fingerprint density at radius 1 is 0.517 bits per heavy atom. The molecule has 0 radical (unpaired) electrons. The fourth-order valence-electron chi connectivity index (χ4n) is 3.70. The van der Waals surface area contributed by atoms with Gasteiger partial charge in [0.15, 0.2) is 0 Å². The molecule has 0 unspecified atom stereocenters. The van der Waals surface area contributed by atoms with Gasteiger partial charge >= 0.3 is 0 Å². The molecule has 1 nitrogen and oxygen atoms in total. The van der Waals surface area contributed by atoms with E-state index in [1.54, 1.807) is 0 Å². The van der Waals surface area contributed by atoms with E-state index in [4.69, 9.17) is 4.98 Å². The number of pyridine rings is 1. The third kappa shape index (κ3) is 3.68. The van der Waals surface area contributed by atoms with Gasteiger partial charge < -0.3 is 0 Å². The van der Waals surface area contributed by atoms with Crippen LogP contribution in [0.25, 0.3) is 44.4 Å². The maximum atomic E-state index is 5.02. The van der Waals surface area contributed by atoms with Crippen LogP contribution in [0.4, 0.5) is 0 Å². The van der Waals surface area contributed by atoms with Gasteiger partial charge in [0.25, 0.3) is 0 Å². The summed E-state index contributed by atoms with van der Waals surface area (Å²) in [4.78, 5) is 5.02. The van der Waals surface area contributed by atoms with Crippen LogP contribution < -0.4 is 0 Å². The molecule has 0 aliphatic carbocycles. The summed E-state index contributed by atoms with van der Waals surface area (Å²) in [6.07, 6.45) is 0. The number of benzene rings is 4. The zero-order valence-corrected chi connectivity index (χ0v) is 17.9. The van der Waals surface area contributed by atoms with E-state index in [1.165, 1.54) is 31.0 Å². The van der Waals surface area contributed by atoms with Crippen LogP contribution in [0.3, 0.4) is 0 Å². The predicted molar refractivity (Wildman–Crippen MR) is 131 cm³/mol. The molecule has 5 aromatic rings. The van der Waals surface area contributed by atoms with Crippen LogP contribution in [0.1, 0.15) is 0 Å². The fraction of sp³-hybridized carbons (Fsp3) is 0. The maximum absolute atomic E-state index is 5.02. The number of nitrogens with zero attached hydrogens (tertiary/aromatic N) is 1. The lowest BCUT2D eigenvalue weighted by Crippen LogP contribution is -1.91. The van der Waals surface area contributed by atoms with Gasteiger partial charge in [0.2, 0.25) is 0 Å². The van der Waals surface area contributed by atoms with Gasteiger partial charge in [-0.3, -0.25) is 0 Å². The minimum Gasteiger partial charge on any atom is -0.248 e. The van der Waals surface area contributed by atoms with Gasteiger partial charge in [-0.25, -0.2) is 4.98 Å². The molecular weight excluding hydrogens is 465 g/mol. The van der Waals surface area contributed by atoms with Crippen LogP contribution in [-0.4, -0.2) is 4.98 Å². The van der Waals surface area contributed by atoms with Crippen molar-refractivity contribution in [3.8, 4) is 33.6 Å². The Morgan fingerprint density at radius 2 is 1.14 bits per heavy atom. The molecule has 0 N–H and O–H groups in total. The Kier molecular flexibility index (Phi) is 4.86. The topological polar surface area (TPSA) is 12.9 Å². The molecule has 138 valence electrons. The lowest BCUT2D eigenvalue weighted by Gasteiger charge is -2.10. The summed E-state index contributed by atoms with van der Waals surface area (Å²) in [5.41, 5.74) is 6.75. The van der Waals surface area contributed by atoms with Crippen molar-refractivity contribution in [3.63, 3.8) is 0 Å². The van der Waals surface area contributed by atoms with E-state index in [2.05, 4.69) is 126 Å². The molecule has 0 saturated carbocycles. The smallest absolute Gasteiger partial charge is 0.0726 e. The first kappa shape index (κ1) is 18.1. The van der Waals surface area contributed by atoms with Crippen molar-refractivity contribution in [3.05, 3.63) is 113 Å². The molecule has 0 bridgehead atoms. The summed E-state index contributed by atoms with van der Waals surface area (Å²) in [7, 11) is 0. The van der Waals surface area contributed by atoms with Crippen molar-refractivity contribution in [1.29, 1.82) is 0 Å². The van der Waals surface area contributed by atoms with E-state index >= 15 is 0 Å². The Labute approximate surface area is 184 Å². The lowest BCUT2D eigenvalue weighted by atomic mass is 10.0. The van der Waals surface area contributed by atoms with Gasteiger partial charge in [0, 0.05) is 14.7 Å². The summed E-state index contributed by atoms with van der Waals surface area (Å²) in [6, 6.07) is 38.3. The monoisotopic (exact) mass is 483 g/mol. The van der Waals surface area contributed by atoms with Crippen LogP contribution in [0.15, 0.2) is 109 Å². The molecule has 4 aromatic carbocycles. The van der Waals surface area contributed by atoms with E-state index < -0.39 is 0 Å². The Hall–Kier alpha value is -2.98. The van der Waals surface area contributed by atoms with Gasteiger partial charge in [-0.1, -0.05) is 97.1 Å². The van der Waals surface area contributed by atoms with Crippen molar-refractivity contribution in [2.45, 2.75) is 0 Å². The molecular formula is C27H18IN. The fourth-order valence-corrected chi connectivity index (χ4v) is 4.29. The van der Waals surface area contributed by atoms with Crippen molar-refractivity contribution in [1.82, 2.24) is 4.98 Å². The van der Waals surface area contributed by atoms with Crippen LogP contribution in [0.2, 0.25) is 0 Å². The highest BCUT2D eigenvalue weighted by molar-refractivity contribution is 14.1. The average Bonchev–Trinajstić information content (AvgIpc) is 2.79. The van der Waals surface area contributed by atoms with Crippen LogP contribution in [-0.2, 0) is 0 Å². The van der Waals surface area contributed by atoms with Crippen LogP contribution in [0, 0.1) is 3.57 Å². The number of hydrogen-bond acceptors (Lipinski definition) is 1. The number of fused-ring (bicyclic) bond motifs is 1. The molecule has 29 heavy (non-hydrogen) atoms. The first-order valence-corrected chi connectivity index (χ1v) is 10.7. The van der Waals surface area contributed by atoms with Gasteiger partial charge in [-0.2, -0.15) is 0 Å². The van der Waals surface area contributed by atoms with Gasteiger partial charge in [-0.15, -0.1) is 0 Å². The van der Waals surface area contributed by atoms with Crippen molar-refractivity contribution >= 4 is 33.4 Å². The Morgan fingerprint density at radius 3 is 1.97 bits per heavy atom. The largest absolute Gasteiger partial charge is 0.248 e. The molecule has 1 aromatic heterocycles. The highest BCUT2D eigenvalue weighted by Gasteiger charge is 2.09. The molecule has 1 heterocycles. The summed E-state index contributed by atoms with van der Waals surface area (Å²) in [5, 5.41) is 2.47. The first-order chi connectivity index (χ1) is 14.3. The van der Waals surface area contributed by atoms with Gasteiger partial charge in [0.05, 0.1) is 11.4 Å². The van der Waals surface area contributed by atoms with Gasteiger partial charge in [-0.05, 0) is 56.6 Å². The number of rotatable bonds is 3. The number of aromatic nitrogens is 1. The molecule has 5 rings (SSSR count). The predicted octanol–water partition coefficient (Wildman–Crippen LogP) is 7.84. The summed E-state index contributed by atoms with van der Waals surface area (Å²) in [6.45, 7) is 0. The Bertz CT molecular complexity index is 1290. The maximum Gasteiger partial charge on any atom is 0.0726 e. The third-order valence-electron chi connectivity index (χ3n) is 5.14. The zero-order chi connectivity index (χ0) is 19.6. The zero-order valence-electron chi connectivity index (χ0n) is 15.7. The van der Waals surface area contributed by atoms with E-state index in [-0.39, 0.29) is 0 Å². The lowest BCUT2D eigenvalue weighted by molar-refractivity contribution is 1.32. The van der Waals surface area contributed by atoms with E-state index in [9.17, 15) is 0 Å². The van der Waals surface area contributed by atoms with E-state index in [1.807, 2.05) is 6.07 Å². The third-order valence-corrected chi connectivity index (χ3v) is 5.77. The standard InChI is InChI=1S/C27H18IN/c28-23-17-26(22-15-13-20(14-16-22)19-7-2-1-3-8-19)29-27(18-23)25-12-6-10-21-9-4-5-11-24(21)25/h1-18H. The molecule has 0 aliphatic heterocycles. The van der Waals surface area contributed by atoms with Crippen molar-refractivity contribution in [2.75, 3.05) is 0 Å². The minimum absolute atomic E-state index is 0.999. The second kappa shape index (κ2) is 7.80. The summed E-state index contributed by atoms with van der Waals surface area (Å²) < 4.78 is 1.18. The summed E-state index contributed by atoms with van der Waals surface area (Å²) in [5.74, 6) is 0. The van der Waals surface area contributed by atoms with E-state index in [0.29, 0.717) is 0 Å². The van der Waals surface area contributed by atoms with Gasteiger partial charge in [0.1, 0.15) is 0 Å². The summed E-state index contributed by atoms with van der Waals surface area (Å²) >= 11 is 2.38. The van der Waals surface area contributed by atoms with Crippen LogP contribution in [0.5, 0.6) is 0 Å². The highest BCUT2D eigenvalue weighted by atomic mass is 127. The van der Waals surface area contributed by atoms with Crippen LogP contribution >= 0.6 is 22.6 Å². The molecule has 0 saturated heterocycles. The highest BCUT2D eigenvalue weighted by Crippen LogP contribution is 2.31. The molecule has 2 heteroatoms. The van der Waals surface area contributed by atoms with E-state index in [0.717, 1.165) is 17.0 Å². The molecule has 0 atom stereocenters. The van der Waals surface area contributed by atoms with Crippen molar-refractivity contribution < 1.29 is 0 Å². The number of hydrogen-bond donors (Lipinski definition) is 0. The molecule has 0 amide bonds. The SMILES string of the molecule is Ic1cc(-c2ccc(-c3ccccc3)cc2)nc(-c2cccc3ccccc23)c1. The molecule has 0 aliphatic rings.